The number of hydrogen-bond acceptors (Lipinski definition) is 2. The van der Waals surface area contributed by atoms with Crippen LogP contribution in [0.15, 0.2) is 0 Å². The minimum atomic E-state index is -1.46. The number of amides is 1. The van der Waals surface area contributed by atoms with E-state index in [0.717, 1.165) is 13.0 Å². The fourth-order valence-corrected chi connectivity index (χ4v) is 4.80. The van der Waals surface area contributed by atoms with Gasteiger partial charge in [-0.25, -0.2) is 0 Å². The van der Waals surface area contributed by atoms with Gasteiger partial charge in [-0.1, -0.05) is 20.8 Å². The summed E-state index contributed by atoms with van der Waals surface area (Å²) in [6.07, 6.45) is 1.62. The van der Waals surface area contributed by atoms with Crippen molar-refractivity contribution in [2.24, 2.45) is 0 Å². The van der Waals surface area contributed by atoms with Crippen LogP contribution < -0.4 is 5.32 Å². The molecule has 1 aliphatic rings. The molecule has 1 atom stereocenters. The molecule has 0 radical (unpaired) electrons. The summed E-state index contributed by atoms with van der Waals surface area (Å²) in [5.74, 6) is 0.181. The number of nitrogens with one attached hydrogen (secondary N) is 1. The molecule has 1 aliphatic heterocycles. The van der Waals surface area contributed by atoms with Gasteiger partial charge in [-0.05, 0) is 24.6 Å². The zero-order chi connectivity index (χ0) is 11.3. The average molecular weight is 229 g/mol. The van der Waals surface area contributed by atoms with Crippen molar-refractivity contribution in [3.05, 3.63) is 0 Å². The van der Waals surface area contributed by atoms with E-state index in [4.69, 9.17) is 4.43 Å². The van der Waals surface area contributed by atoms with Gasteiger partial charge in [0.15, 0.2) is 8.32 Å². The number of rotatable bonds is 6. The Morgan fingerprint density at radius 3 is 2.33 bits per heavy atom. The third kappa shape index (κ3) is 3.31. The van der Waals surface area contributed by atoms with Crippen LogP contribution in [0.4, 0.5) is 0 Å². The van der Waals surface area contributed by atoms with E-state index in [9.17, 15) is 4.79 Å². The predicted molar refractivity (Wildman–Crippen MR) is 64.3 cm³/mol. The predicted octanol–water partition coefficient (Wildman–Crippen LogP) is 2.29. The van der Waals surface area contributed by atoms with Crippen molar-refractivity contribution >= 4 is 14.2 Å². The Hall–Kier alpha value is -0.353. The largest absolute Gasteiger partial charge is 0.415 e. The first kappa shape index (κ1) is 12.7. The smallest absolute Gasteiger partial charge is 0.220 e. The van der Waals surface area contributed by atoms with Crippen molar-refractivity contribution in [2.45, 2.75) is 57.8 Å². The molecule has 0 saturated carbocycles. The highest BCUT2D eigenvalue weighted by Gasteiger charge is 2.31. The molecule has 15 heavy (non-hydrogen) atoms. The molecule has 0 aromatic rings. The van der Waals surface area contributed by atoms with Crippen molar-refractivity contribution < 1.29 is 9.22 Å². The molecule has 0 aliphatic carbocycles. The maximum Gasteiger partial charge on any atom is 0.220 e. The second-order valence-corrected chi connectivity index (χ2v) is 9.13. The van der Waals surface area contributed by atoms with E-state index in [1.165, 1.54) is 18.1 Å². The van der Waals surface area contributed by atoms with E-state index in [0.29, 0.717) is 6.42 Å². The Bertz CT molecular complexity index is 208. The third-order valence-electron chi connectivity index (χ3n) is 3.61. The molecule has 88 valence electrons. The van der Waals surface area contributed by atoms with E-state index in [1.54, 1.807) is 0 Å². The minimum absolute atomic E-state index is 0.181. The summed E-state index contributed by atoms with van der Waals surface area (Å²) in [5.41, 5.74) is 0. The van der Waals surface area contributed by atoms with Gasteiger partial charge in [-0.2, -0.15) is 0 Å². The fourth-order valence-electron chi connectivity index (χ4n) is 2.14. The van der Waals surface area contributed by atoms with E-state index in [-0.39, 0.29) is 11.9 Å². The second kappa shape index (κ2) is 5.65. The van der Waals surface area contributed by atoms with Crippen LogP contribution >= 0.6 is 0 Å². The summed E-state index contributed by atoms with van der Waals surface area (Å²) in [5, 5.41) is 2.96. The first-order valence-electron chi connectivity index (χ1n) is 6.09. The number of carbonyl (C=O) groups excluding carboxylic acids is 1. The lowest BCUT2D eigenvalue weighted by Gasteiger charge is -2.29. The lowest BCUT2D eigenvalue weighted by molar-refractivity contribution is -0.119. The summed E-state index contributed by atoms with van der Waals surface area (Å²) in [4.78, 5) is 11.0. The molecule has 1 unspecified atom stereocenters. The molecule has 0 aromatic heterocycles. The zero-order valence-electron chi connectivity index (χ0n) is 10.1. The molecule has 1 N–H and O–H groups in total. The highest BCUT2D eigenvalue weighted by Crippen LogP contribution is 2.22. The Labute approximate surface area is 93.7 Å². The van der Waals surface area contributed by atoms with Crippen LogP contribution in [-0.2, 0) is 9.22 Å². The Balaban J connectivity index is 2.36. The van der Waals surface area contributed by atoms with Crippen molar-refractivity contribution in [3.63, 3.8) is 0 Å². The molecule has 3 nitrogen and oxygen atoms in total. The van der Waals surface area contributed by atoms with Crippen LogP contribution in [-0.4, -0.2) is 26.9 Å². The molecular weight excluding hydrogens is 206 g/mol. The van der Waals surface area contributed by atoms with Crippen molar-refractivity contribution in [1.29, 1.82) is 0 Å². The van der Waals surface area contributed by atoms with Crippen LogP contribution in [0.5, 0.6) is 0 Å². The van der Waals surface area contributed by atoms with Crippen LogP contribution in [0, 0.1) is 0 Å². The fraction of sp³-hybridized carbons (Fsp3) is 0.909. The summed E-state index contributed by atoms with van der Waals surface area (Å²) in [6.45, 7) is 7.42. The van der Waals surface area contributed by atoms with Gasteiger partial charge < -0.3 is 9.74 Å². The van der Waals surface area contributed by atoms with Gasteiger partial charge >= 0.3 is 0 Å². The molecular formula is C11H23NO2Si. The summed E-state index contributed by atoms with van der Waals surface area (Å²) in [7, 11) is -1.46. The number of hydrogen-bond donors (Lipinski definition) is 1. The van der Waals surface area contributed by atoms with E-state index < -0.39 is 8.32 Å². The quantitative estimate of drug-likeness (QED) is 0.710. The Kier molecular flexibility index (Phi) is 4.79. The first-order valence-corrected chi connectivity index (χ1v) is 8.62. The monoisotopic (exact) mass is 229 g/mol. The molecule has 0 bridgehead atoms. The minimum Gasteiger partial charge on any atom is -0.415 e. The van der Waals surface area contributed by atoms with Crippen molar-refractivity contribution in [1.82, 2.24) is 5.32 Å². The number of carbonyl (C=O) groups is 1. The van der Waals surface area contributed by atoms with Gasteiger partial charge in [0.05, 0.1) is 12.6 Å². The molecule has 1 amide bonds. The summed E-state index contributed by atoms with van der Waals surface area (Å²) in [6, 6.07) is 3.82. The van der Waals surface area contributed by atoms with Crippen LogP contribution in [0.3, 0.4) is 0 Å². The van der Waals surface area contributed by atoms with E-state index >= 15 is 0 Å². The van der Waals surface area contributed by atoms with Gasteiger partial charge in [0.1, 0.15) is 0 Å². The Morgan fingerprint density at radius 1 is 1.33 bits per heavy atom. The highest BCUT2D eigenvalue weighted by atomic mass is 28.4. The van der Waals surface area contributed by atoms with Gasteiger partial charge in [0, 0.05) is 6.42 Å². The van der Waals surface area contributed by atoms with Gasteiger partial charge in [-0.3, -0.25) is 4.79 Å². The normalized spacial score (nSPS) is 21.8. The summed E-state index contributed by atoms with van der Waals surface area (Å²) >= 11 is 0. The topological polar surface area (TPSA) is 38.3 Å². The van der Waals surface area contributed by atoms with Crippen LogP contribution in [0.1, 0.15) is 33.6 Å². The zero-order valence-corrected chi connectivity index (χ0v) is 11.1. The lowest BCUT2D eigenvalue weighted by Crippen LogP contribution is -2.41. The second-order valence-electron chi connectivity index (χ2n) is 4.36. The maximum atomic E-state index is 11.0. The van der Waals surface area contributed by atoms with Crippen molar-refractivity contribution in [3.8, 4) is 0 Å². The van der Waals surface area contributed by atoms with E-state index in [1.807, 2.05) is 0 Å². The lowest BCUT2D eigenvalue weighted by atomic mass is 10.2. The molecule has 4 heteroatoms. The third-order valence-corrected chi connectivity index (χ3v) is 8.25. The van der Waals surface area contributed by atoms with Gasteiger partial charge in [0.2, 0.25) is 5.91 Å². The molecule has 1 heterocycles. The van der Waals surface area contributed by atoms with Crippen LogP contribution in [0.25, 0.3) is 0 Å². The first-order chi connectivity index (χ1) is 7.15. The van der Waals surface area contributed by atoms with Crippen LogP contribution in [0.2, 0.25) is 18.1 Å². The molecule has 1 saturated heterocycles. The van der Waals surface area contributed by atoms with Crippen molar-refractivity contribution in [2.75, 3.05) is 6.61 Å². The van der Waals surface area contributed by atoms with Gasteiger partial charge in [-0.15, -0.1) is 0 Å². The molecule has 0 spiro atoms. The molecule has 1 rings (SSSR count). The average Bonchev–Trinajstić information content (AvgIpc) is 2.67. The maximum absolute atomic E-state index is 11.0. The highest BCUT2D eigenvalue weighted by molar-refractivity contribution is 6.73. The SMILES string of the molecule is CC[Si](CC)(CC)OCC1CCC(=O)N1. The standard InChI is InChI=1S/C11H23NO2Si/c1-4-15(5-2,6-3)14-9-10-7-8-11(13)12-10/h10H,4-9H2,1-3H3,(H,12,13). The Morgan fingerprint density at radius 2 is 1.93 bits per heavy atom. The summed E-state index contributed by atoms with van der Waals surface area (Å²) < 4.78 is 6.13. The molecule has 1 fully saturated rings. The van der Waals surface area contributed by atoms with Gasteiger partial charge in [0.25, 0.3) is 0 Å². The van der Waals surface area contributed by atoms with E-state index in [2.05, 4.69) is 26.1 Å². The molecule has 0 aromatic carbocycles.